The van der Waals surface area contributed by atoms with Gasteiger partial charge in [-0.1, -0.05) is 55.2 Å². The summed E-state index contributed by atoms with van der Waals surface area (Å²) in [6.45, 7) is 4.84. The Bertz CT molecular complexity index is 644. The third-order valence-electron chi connectivity index (χ3n) is 3.47. The SMILES string of the molecule is CC(C)COc1ccc(C(O)C(N)c2ccc(Cl)c(Cl)c2)cc1. The first-order valence-electron chi connectivity index (χ1n) is 7.50. The number of ether oxygens (including phenoxy) is 1. The van der Waals surface area contributed by atoms with Gasteiger partial charge in [0.1, 0.15) is 5.75 Å². The Kier molecular flexibility index (Phi) is 6.31. The first kappa shape index (κ1) is 18.1. The molecule has 0 aliphatic carbocycles. The number of aliphatic hydroxyl groups is 1. The van der Waals surface area contributed by atoms with Crippen molar-refractivity contribution >= 4 is 23.2 Å². The summed E-state index contributed by atoms with van der Waals surface area (Å²) in [5.41, 5.74) is 7.59. The van der Waals surface area contributed by atoms with E-state index >= 15 is 0 Å². The molecule has 0 aliphatic heterocycles. The maximum absolute atomic E-state index is 10.5. The molecule has 0 aliphatic rings. The maximum Gasteiger partial charge on any atom is 0.119 e. The average Bonchev–Trinajstić information content (AvgIpc) is 2.54. The maximum atomic E-state index is 10.5. The van der Waals surface area contributed by atoms with Gasteiger partial charge in [-0.15, -0.1) is 0 Å². The number of halogens is 2. The molecule has 0 radical (unpaired) electrons. The first-order chi connectivity index (χ1) is 10.9. The van der Waals surface area contributed by atoms with Crippen LogP contribution >= 0.6 is 23.2 Å². The zero-order chi connectivity index (χ0) is 17.0. The van der Waals surface area contributed by atoms with Crippen LogP contribution in [-0.4, -0.2) is 11.7 Å². The van der Waals surface area contributed by atoms with Gasteiger partial charge in [0, 0.05) is 0 Å². The predicted octanol–water partition coefficient (Wildman–Crippen LogP) is 4.76. The van der Waals surface area contributed by atoms with Crippen LogP contribution in [0, 0.1) is 5.92 Å². The van der Waals surface area contributed by atoms with E-state index in [-0.39, 0.29) is 0 Å². The summed E-state index contributed by atoms with van der Waals surface area (Å²) in [7, 11) is 0. The summed E-state index contributed by atoms with van der Waals surface area (Å²) < 4.78 is 5.63. The van der Waals surface area contributed by atoms with Gasteiger partial charge in [0.05, 0.1) is 28.8 Å². The molecule has 0 spiro atoms. The highest BCUT2D eigenvalue weighted by atomic mass is 35.5. The summed E-state index contributed by atoms with van der Waals surface area (Å²) in [5.74, 6) is 1.24. The minimum Gasteiger partial charge on any atom is -0.493 e. The second-order valence-corrected chi connectivity index (χ2v) is 6.73. The minimum atomic E-state index is -0.841. The van der Waals surface area contributed by atoms with E-state index in [4.69, 9.17) is 33.7 Å². The zero-order valence-corrected chi connectivity index (χ0v) is 14.7. The van der Waals surface area contributed by atoms with Crippen molar-refractivity contribution in [3.8, 4) is 5.75 Å². The number of benzene rings is 2. The van der Waals surface area contributed by atoms with Gasteiger partial charge in [-0.2, -0.15) is 0 Å². The fourth-order valence-corrected chi connectivity index (χ4v) is 2.44. The van der Waals surface area contributed by atoms with Crippen LogP contribution in [0.25, 0.3) is 0 Å². The third-order valence-corrected chi connectivity index (χ3v) is 4.21. The molecule has 5 heteroatoms. The molecule has 0 heterocycles. The van der Waals surface area contributed by atoms with E-state index in [9.17, 15) is 5.11 Å². The lowest BCUT2D eigenvalue weighted by atomic mass is 9.96. The predicted molar refractivity (Wildman–Crippen MR) is 95.1 cm³/mol. The Balaban J connectivity index is 2.09. The summed E-state index contributed by atoms with van der Waals surface area (Å²) in [5, 5.41) is 11.4. The fourth-order valence-electron chi connectivity index (χ4n) is 2.13. The molecule has 2 aromatic carbocycles. The van der Waals surface area contributed by atoms with Crippen molar-refractivity contribution < 1.29 is 9.84 Å². The molecule has 0 aromatic heterocycles. The fraction of sp³-hybridized carbons (Fsp3) is 0.333. The molecule has 124 valence electrons. The quantitative estimate of drug-likeness (QED) is 0.786. The van der Waals surface area contributed by atoms with Crippen molar-refractivity contribution in [1.82, 2.24) is 0 Å². The van der Waals surface area contributed by atoms with Crippen molar-refractivity contribution in [1.29, 1.82) is 0 Å². The van der Waals surface area contributed by atoms with Gasteiger partial charge in [-0.05, 0) is 41.3 Å². The van der Waals surface area contributed by atoms with E-state index in [0.717, 1.165) is 16.9 Å². The normalized spacial score (nSPS) is 13.9. The molecule has 0 amide bonds. The molecule has 0 saturated carbocycles. The van der Waals surface area contributed by atoms with Gasteiger partial charge in [0.2, 0.25) is 0 Å². The minimum absolute atomic E-state index is 0.421. The van der Waals surface area contributed by atoms with E-state index in [2.05, 4.69) is 13.8 Å². The van der Waals surface area contributed by atoms with Crippen molar-refractivity contribution in [3.05, 3.63) is 63.6 Å². The number of hydrogen-bond donors (Lipinski definition) is 2. The van der Waals surface area contributed by atoms with Crippen molar-refractivity contribution in [3.63, 3.8) is 0 Å². The molecule has 2 aromatic rings. The lowest BCUT2D eigenvalue weighted by Gasteiger charge is -2.20. The highest BCUT2D eigenvalue weighted by molar-refractivity contribution is 6.42. The van der Waals surface area contributed by atoms with Gasteiger partial charge in [-0.25, -0.2) is 0 Å². The number of rotatable bonds is 6. The smallest absolute Gasteiger partial charge is 0.119 e. The second kappa shape index (κ2) is 8.02. The van der Waals surface area contributed by atoms with Crippen LogP contribution in [-0.2, 0) is 0 Å². The molecule has 0 bridgehead atoms. The van der Waals surface area contributed by atoms with Crippen LogP contribution < -0.4 is 10.5 Å². The molecule has 2 unspecified atom stereocenters. The Morgan fingerprint density at radius 2 is 1.61 bits per heavy atom. The molecular formula is C18H21Cl2NO2. The van der Waals surface area contributed by atoms with Gasteiger partial charge >= 0.3 is 0 Å². The number of nitrogens with two attached hydrogens (primary N) is 1. The topological polar surface area (TPSA) is 55.5 Å². The van der Waals surface area contributed by atoms with Crippen molar-refractivity contribution in [2.45, 2.75) is 26.0 Å². The van der Waals surface area contributed by atoms with Crippen LogP contribution in [0.4, 0.5) is 0 Å². The molecule has 2 rings (SSSR count). The summed E-state index contributed by atoms with van der Waals surface area (Å²) in [4.78, 5) is 0. The van der Waals surface area contributed by atoms with Crippen LogP contribution in [0.5, 0.6) is 5.75 Å². The standard InChI is InChI=1S/C18H21Cl2NO2/c1-11(2)10-23-14-6-3-12(4-7-14)18(22)17(21)13-5-8-15(19)16(20)9-13/h3-9,11,17-18,22H,10,21H2,1-2H3. The van der Waals surface area contributed by atoms with Crippen LogP contribution in [0.15, 0.2) is 42.5 Å². The Hall–Kier alpha value is -1.26. The van der Waals surface area contributed by atoms with E-state index in [1.165, 1.54) is 0 Å². The zero-order valence-electron chi connectivity index (χ0n) is 13.2. The van der Waals surface area contributed by atoms with E-state index in [1.807, 2.05) is 24.3 Å². The monoisotopic (exact) mass is 353 g/mol. The largest absolute Gasteiger partial charge is 0.493 e. The number of hydrogen-bond acceptors (Lipinski definition) is 3. The van der Waals surface area contributed by atoms with E-state index < -0.39 is 12.1 Å². The summed E-state index contributed by atoms with van der Waals surface area (Å²) in [6, 6.07) is 11.8. The van der Waals surface area contributed by atoms with Gasteiger partial charge < -0.3 is 15.6 Å². The highest BCUT2D eigenvalue weighted by Crippen LogP contribution is 2.31. The molecule has 2 atom stereocenters. The summed E-state index contributed by atoms with van der Waals surface area (Å²) in [6.07, 6.45) is -0.841. The average molecular weight is 354 g/mol. The Morgan fingerprint density at radius 1 is 1.00 bits per heavy atom. The Morgan fingerprint density at radius 3 is 2.17 bits per heavy atom. The molecule has 3 nitrogen and oxygen atoms in total. The van der Waals surface area contributed by atoms with Crippen LogP contribution in [0.2, 0.25) is 10.0 Å². The van der Waals surface area contributed by atoms with Crippen molar-refractivity contribution in [2.75, 3.05) is 6.61 Å². The van der Waals surface area contributed by atoms with Gasteiger partial charge in [0.25, 0.3) is 0 Å². The highest BCUT2D eigenvalue weighted by Gasteiger charge is 2.19. The molecule has 0 saturated heterocycles. The number of aliphatic hydroxyl groups excluding tert-OH is 1. The second-order valence-electron chi connectivity index (χ2n) is 5.92. The lowest BCUT2D eigenvalue weighted by Crippen LogP contribution is -2.19. The molecule has 3 N–H and O–H groups in total. The lowest BCUT2D eigenvalue weighted by molar-refractivity contribution is 0.147. The van der Waals surface area contributed by atoms with Crippen molar-refractivity contribution in [2.24, 2.45) is 11.7 Å². The molecule has 0 fully saturated rings. The van der Waals surface area contributed by atoms with Gasteiger partial charge in [-0.3, -0.25) is 0 Å². The van der Waals surface area contributed by atoms with Gasteiger partial charge in [0.15, 0.2) is 0 Å². The Labute approximate surface area is 147 Å². The molecular weight excluding hydrogens is 333 g/mol. The van der Waals surface area contributed by atoms with Crippen LogP contribution in [0.1, 0.15) is 37.1 Å². The van der Waals surface area contributed by atoms with E-state index in [1.54, 1.807) is 18.2 Å². The third kappa shape index (κ3) is 4.85. The summed E-state index contributed by atoms with van der Waals surface area (Å²) >= 11 is 11.9. The molecule has 23 heavy (non-hydrogen) atoms. The van der Waals surface area contributed by atoms with E-state index in [0.29, 0.717) is 22.6 Å². The first-order valence-corrected chi connectivity index (χ1v) is 8.25. The van der Waals surface area contributed by atoms with Crippen LogP contribution in [0.3, 0.4) is 0 Å².